The first kappa shape index (κ1) is 12.6. The minimum atomic E-state index is -1.09. The van der Waals surface area contributed by atoms with Gasteiger partial charge in [0.1, 0.15) is 6.54 Å². The van der Waals surface area contributed by atoms with Crippen LogP contribution in [-0.2, 0) is 14.3 Å². The third kappa shape index (κ3) is 2.53. The summed E-state index contributed by atoms with van der Waals surface area (Å²) in [6.45, 7) is 1.30. The highest BCUT2D eigenvalue weighted by Gasteiger charge is 2.36. The number of carboxylic acids is 1. The first-order chi connectivity index (χ1) is 8.59. The van der Waals surface area contributed by atoms with Crippen LogP contribution in [0.25, 0.3) is 0 Å². The van der Waals surface area contributed by atoms with Crippen LogP contribution in [0.15, 0.2) is 0 Å². The molecule has 0 aliphatic carbocycles. The number of carboxylic acid groups (broad SMARTS) is 1. The van der Waals surface area contributed by atoms with Crippen molar-refractivity contribution in [1.29, 1.82) is 0 Å². The van der Waals surface area contributed by atoms with Gasteiger partial charge in [-0.3, -0.25) is 4.79 Å². The molecule has 18 heavy (non-hydrogen) atoms. The summed E-state index contributed by atoms with van der Waals surface area (Å²) in [5.74, 6) is -1.32. The Bertz CT molecular complexity index is 373. The van der Waals surface area contributed by atoms with Gasteiger partial charge in [-0.1, -0.05) is 0 Å². The number of hydrogen-bond donors (Lipinski definition) is 2. The lowest BCUT2D eigenvalue weighted by atomic mass is 10.2. The summed E-state index contributed by atoms with van der Waals surface area (Å²) in [6, 6.07) is -1.39. The zero-order valence-corrected chi connectivity index (χ0v) is 9.79. The fraction of sp³-hybridized carbons (Fsp3) is 0.700. The summed E-state index contributed by atoms with van der Waals surface area (Å²) < 4.78 is 5.06. The molecule has 8 heteroatoms. The number of carbonyl (C=O) groups is 3. The van der Waals surface area contributed by atoms with Crippen molar-refractivity contribution in [2.24, 2.45) is 0 Å². The van der Waals surface area contributed by atoms with Crippen LogP contribution in [0.5, 0.6) is 0 Å². The zero-order chi connectivity index (χ0) is 13.1. The fourth-order valence-electron chi connectivity index (χ4n) is 2.02. The van der Waals surface area contributed by atoms with Crippen molar-refractivity contribution < 1.29 is 24.2 Å². The summed E-state index contributed by atoms with van der Waals surface area (Å²) in [5, 5.41) is 11.6. The molecule has 2 rings (SSSR count). The minimum absolute atomic E-state index is 0.0128. The van der Waals surface area contributed by atoms with Crippen molar-refractivity contribution >= 4 is 17.9 Å². The molecule has 0 bridgehead atoms. The van der Waals surface area contributed by atoms with Crippen LogP contribution in [0.4, 0.5) is 4.79 Å². The van der Waals surface area contributed by atoms with Gasteiger partial charge < -0.3 is 25.0 Å². The Morgan fingerprint density at radius 1 is 1.39 bits per heavy atom. The number of aliphatic carboxylic acids is 1. The molecule has 0 aromatic rings. The van der Waals surface area contributed by atoms with Gasteiger partial charge in [-0.15, -0.1) is 0 Å². The van der Waals surface area contributed by atoms with Crippen LogP contribution in [0.1, 0.15) is 0 Å². The maximum atomic E-state index is 12.2. The van der Waals surface area contributed by atoms with Crippen molar-refractivity contribution in [2.45, 2.75) is 6.04 Å². The van der Waals surface area contributed by atoms with Gasteiger partial charge in [-0.2, -0.15) is 0 Å². The van der Waals surface area contributed by atoms with E-state index in [0.29, 0.717) is 19.7 Å². The quantitative estimate of drug-likeness (QED) is 0.584. The predicted molar refractivity (Wildman–Crippen MR) is 58.9 cm³/mol. The molecule has 8 nitrogen and oxygen atoms in total. The maximum absolute atomic E-state index is 12.2. The predicted octanol–water partition coefficient (Wildman–Crippen LogP) is -1.68. The molecule has 0 saturated carbocycles. The van der Waals surface area contributed by atoms with Gasteiger partial charge in [-0.05, 0) is 0 Å². The second kappa shape index (κ2) is 5.21. The van der Waals surface area contributed by atoms with E-state index in [1.807, 2.05) is 0 Å². The number of nitrogens with one attached hydrogen (secondary N) is 1. The van der Waals surface area contributed by atoms with E-state index >= 15 is 0 Å². The molecule has 100 valence electrons. The highest BCUT2D eigenvalue weighted by molar-refractivity contribution is 5.87. The van der Waals surface area contributed by atoms with E-state index in [0.717, 1.165) is 0 Å². The topological polar surface area (TPSA) is 99.2 Å². The number of piperazine rings is 1. The molecule has 0 spiro atoms. The summed E-state index contributed by atoms with van der Waals surface area (Å²) in [7, 11) is 0. The Morgan fingerprint density at radius 2 is 2.17 bits per heavy atom. The molecule has 1 unspecified atom stereocenters. The van der Waals surface area contributed by atoms with Gasteiger partial charge in [0.05, 0.1) is 13.2 Å². The Kier molecular flexibility index (Phi) is 3.66. The third-order valence-electron chi connectivity index (χ3n) is 2.97. The molecule has 2 N–H and O–H groups in total. The van der Waals surface area contributed by atoms with Gasteiger partial charge in [0.2, 0.25) is 5.91 Å². The number of rotatable bonds is 1. The maximum Gasteiger partial charge on any atom is 0.328 e. The molecule has 3 amide bonds. The van der Waals surface area contributed by atoms with Gasteiger partial charge >= 0.3 is 12.0 Å². The van der Waals surface area contributed by atoms with Crippen molar-refractivity contribution in [3.63, 3.8) is 0 Å². The Balaban J connectivity index is 2.05. The SMILES string of the molecule is O=C1CN(C(=O)N2CCOCC2C(=O)O)CCN1. The fourth-order valence-corrected chi connectivity index (χ4v) is 2.02. The molecular formula is C10H15N3O5. The van der Waals surface area contributed by atoms with Crippen LogP contribution in [0, 0.1) is 0 Å². The zero-order valence-electron chi connectivity index (χ0n) is 9.79. The Hall–Kier alpha value is -1.83. The first-order valence-electron chi connectivity index (χ1n) is 5.72. The average molecular weight is 257 g/mol. The molecule has 1 atom stereocenters. The van der Waals surface area contributed by atoms with Crippen molar-refractivity contribution in [3.8, 4) is 0 Å². The highest BCUT2D eigenvalue weighted by Crippen LogP contribution is 2.11. The number of ether oxygens (including phenoxy) is 1. The molecule has 2 aliphatic rings. The standard InChI is InChI=1S/C10H15N3O5/c14-8-5-12(2-1-11-8)10(17)13-3-4-18-6-7(13)9(15)16/h7H,1-6H2,(H,11,14)(H,15,16). The normalized spacial score (nSPS) is 24.7. The molecule has 0 aromatic heterocycles. The lowest BCUT2D eigenvalue weighted by Crippen LogP contribution is -2.60. The van der Waals surface area contributed by atoms with E-state index in [1.165, 1.54) is 9.80 Å². The van der Waals surface area contributed by atoms with E-state index < -0.39 is 18.0 Å². The van der Waals surface area contributed by atoms with Crippen LogP contribution in [-0.4, -0.2) is 78.2 Å². The number of amides is 3. The lowest BCUT2D eigenvalue weighted by Gasteiger charge is -2.37. The molecular weight excluding hydrogens is 242 g/mol. The Morgan fingerprint density at radius 3 is 2.83 bits per heavy atom. The van der Waals surface area contributed by atoms with E-state index in [1.54, 1.807) is 0 Å². The molecule has 0 radical (unpaired) electrons. The van der Waals surface area contributed by atoms with E-state index in [9.17, 15) is 14.4 Å². The molecule has 0 aromatic carbocycles. The van der Waals surface area contributed by atoms with Crippen molar-refractivity contribution in [1.82, 2.24) is 15.1 Å². The number of carbonyl (C=O) groups excluding carboxylic acids is 2. The van der Waals surface area contributed by atoms with Crippen LogP contribution >= 0.6 is 0 Å². The average Bonchev–Trinajstić information content (AvgIpc) is 2.38. The van der Waals surface area contributed by atoms with Crippen LogP contribution in [0.2, 0.25) is 0 Å². The minimum Gasteiger partial charge on any atom is -0.480 e. The molecule has 2 fully saturated rings. The Labute approximate surface area is 103 Å². The van der Waals surface area contributed by atoms with Crippen LogP contribution < -0.4 is 5.32 Å². The number of hydrogen-bond acceptors (Lipinski definition) is 4. The van der Waals surface area contributed by atoms with Crippen molar-refractivity contribution in [2.75, 3.05) is 39.4 Å². The monoisotopic (exact) mass is 257 g/mol. The van der Waals surface area contributed by atoms with E-state index in [-0.39, 0.29) is 25.6 Å². The van der Waals surface area contributed by atoms with Gasteiger partial charge in [0, 0.05) is 19.6 Å². The first-order valence-corrected chi connectivity index (χ1v) is 5.72. The van der Waals surface area contributed by atoms with Gasteiger partial charge in [-0.25, -0.2) is 9.59 Å². The molecule has 2 aliphatic heterocycles. The molecule has 2 heterocycles. The van der Waals surface area contributed by atoms with E-state index in [2.05, 4.69) is 5.32 Å². The largest absolute Gasteiger partial charge is 0.480 e. The number of nitrogens with zero attached hydrogens (tertiary/aromatic N) is 2. The summed E-state index contributed by atoms with van der Waals surface area (Å²) >= 11 is 0. The van der Waals surface area contributed by atoms with E-state index in [4.69, 9.17) is 9.84 Å². The summed E-state index contributed by atoms with van der Waals surface area (Å²) in [6.07, 6.45) is 0. The third-order valence-corrected chi connectivity index (χ3v) is 2.97. The summed E-state index contributed by atoms with van der Waals surface area (Å²) in [4.78, 5) is 37.0. The second-order valence-electron chi connectivity index (χ2n) is 4.18. The second-order valence-corrected chi connectivity index (χ2v) is 4.18. The smallest absolute Gasteiger partial charge is 0.328 e. The highest BCUT2D eigenvalue weighted by atomic mass is 16.5. The number of urea groups is 1. The summed E-state index contributed by atoms with van der Waals surface area (Å²) in [5.41, 5.74) is 0. The molecule has 2 saturated heterocycles. The van der Waals surface area contributed by atoms with Gasteiger partial charge in [0.15, 0.2) is 6.04 Å². The van der Waals surface area contributed by atoms with Gasteiger partial charge in [0.25, 0.3) is 0 Å². The lowest BCUT2D eigenvalue weighted by molar-refractivity contribution is -0.147. The van der Waals surface area contributed by atoms with Crippen molar-refractivity contribution in [3.05, 3.63) is 0 Å². The number of morpholine rings is 1. The van der Waals surface area contributed by atoms with Crippen LogP contribution in [0.3, 0.4) is 0 Å².